The number of carbonyl (C=O) groups excluding carboxylic acids is 2. The summed E-state index contributed by atoms with van der Waals surface area (Å²) < 4.78 is 10.3. The summed E-state index contributed by atoms with van der Waals surface area (Å²) in [7, 11) is 1.38. The third kappa shape index (κ3) is 6.12. The van der Waals surface area contributed by atoms with Crippen molar-refractivity contribution in [1.82, 2.24) is 10.2 Å². The number of amides is 2. The average Bonchev–Trinajstić information content (AvgIpc) is 2.61. The number of nitrogens with one attached hydrogen (secondary N) is 1. The highest BCUT2D eigenvalue weighted by Crippen LogP contribution is 2.21. The maximum atomic E-state index is 12.0. The van der Waals surface area contributed by atoms with Gasteiger partial charge in [0.2, 0.25) is 5.91 Å². The number of ether oxygens (including phenoxy) is 2. The molecule has 0 bridgehead atoms. The summed E-state index contributed by atoms with van der Waals surface area (Å²) in [5.74, 6) is 0.782. The summed E-state index contributed by atoms with van der Waals surface area (Å²) >= 11 is 5.97. The summed E-state index contributed by atoms with van der Waals surface area (Å²) in [5, 5.41) is 3.73. The van der Waals surface area contributed by atoms with Gasteiger partial charge in [0.15, 0.2) is 0 Å². The number of likely N-dealkylation sites (tertiary alicyclic amines) is 1. The lowest BCUT2D eigenvalue weighted by Gasteiger charge is -2.31. The van der Waals surface area contributed by atoms with Crippen LogP contribution in [0.15, 0.2) is 18.2 Å². The minimum Gasteiger partial charge on any atom is -0.494 e. The Balaban J connectivity index is 1.61. The molecule has 1 heterocycles. The summed E-state index contributed by atoms with van der Waals surface area (Å²) in [6.07, 6.45) is 2.26. The number of hydrogen-bond acceptors (Lipinski definition) is 4. The van der Waals surface area contributed by atoms with Crippen molar-refractivity contribution in [2.24, 2.45) is 0 Å². The molecule has 1 aromatic carbocycles. The van der Waals surface area contributed by atoms with Crippen molar-refractivity contribution in [3.8, 4) is 5.75 Å². The number of piperidine rings is 1. The first kappa shape index (κ1) is 19.4. The Morgan fingerprint density at radius 3 is 2.68 bits per heavy atom. The van der Waals surface area contributed by atoms with Crippen LogP contribution in [0.2, 0.25) is 5.02 Å². The van der Waals surface area contributed by atoms with Gasteiger partial charge >= 0.3 is 6.09 Å². The fourth-order valence-corrected chi connectivity index (χ4v) is 2.88. The molecule has 1 aromatic rings. The Morgan fingerprint density at radius 2 is 2.04 bits per heavy atom. The molecule has 1 aliphatic heterocycles. The normalized spacial score (nSPS) is 14.9. The smallest absolute Gasteiger partial charge is 0.409 e. The van der Waals surface area contributed by atoms with Gasteiger partial charge in [-0.1, -0.05) is 11.6 Å². The van der Waals surface area contributed by atoms with Gasteiger partial charge in [-0.05, 0) is 49.9 Å². The summed E-state index contributed by atoms with van der Waals surface area (Å²) in [6.45, 7) is 3.62. The summed E-state index contributed by atoms with van der Waals surface area (Å²) in [4.78, 5) is 25.1. The van der Waals surface area contributed by atoms with Gasteiger partial charge in [0, 0.05) is 30.6 Å². The van der Waals surface area contributed by atoms with E-state index in [9.17, 15) is 9.59 Å². The quantitative estimate of drug-likeness (QED) is 0.783. The highest BCUT2D eigenvalue weighted by molar-refractivity contribution is 6.31. The van der Waals surface area contributed by atoms with Gasteiger partial charge in [-0.3, -0.25) is 4.79 Å². The Hall–Kier alpha value is -1.95. The maximum absolute atomic E-state index is 12.0. The molecule has 0 saturated carbocycles. The number of methoxy groups -OCH3 is 1. The lowest BCUT2D eigenvalue weighted by Crippen LogP contribution is -2.46. The molecule has 2 amide bonds. The first-order valence-corrected chi connectivity index (χ1v) is 8.88. The zero-order chi connectivity index (χ0) is 18.2. The molecule has 1 fully saturated rings. The topological polar surface area (TPSA) is 67.9 Å². The molecular weight excluding hydrogens is 344 g/mol. The van der Waals surface area contributed by atoms with Crippen molar-refractivity contribution in [3.63, 3.8) is 0 Å². The summed E-state index contributed by atoms with van der Waals surface area (Å²) in [5.41, 5.74) is 0.968. The molecule has 6 nitrogen and oxygen atoms in total. The van der Waals surface area contributed by atoms with E-state index < -0.39 is 0 Å². The molecular formula is C18H25ClN2O4. The van der Waals surface area contributed by atoms with Crippen LogP contribution in [-0.4, -0.2) is 49.7 Å². The minimum absolute atomic E-state index is 0.0207. The molecule has 7 heteroatoms. The molecule has 0 atom stereocenters. The van der Waals surface area contributed by atoms with Crippen LogP contribution >= 0.6 is 11.6 Å². The third-order valence-corrected chi connectivity index (χ3v) is 4.66. The van der Waals surface area contributed by atoms with E-state index in [1.54, 1.807) is 11.0 Å². The first-order chi connectivity index (χ1) is 12.0. The third-order valence-electron chi connectivity index (χ3n) is 4.24. The van der Waals surface area contributed by atoms with Crippen molar-refractivity contribution in [2.45, 2.75) is 38.6 Å². The predicted molar refractivity (Wildman–Crippen MR) is 96.1 cm³/mol. The Labute approximate surface area is 153 Å². The fourth-order valence-electron chi connectivity index (χ4n) is 2.77. The largest absolute Gasteiger partial charge is 0.494 e. The molecule has 0 unspecified atom stereocenters. The molecule has 0 aromatic heterocycles. The molecule has 138 valence electrons. The number of benzene rings is 1. The Bertz CT molecular complexity index is 601. The van der Waals surface area contributed by atoms with Crippen LogP contribution < -0.4 is 10.1 Å². The van der Waals surface area contributed by atoms with E-state index >= 15 is 0 Å². The minimum atomic E-state index is -0.306. The van der Waals surface area contributed by atoms with Gasteiger partial charge in [0.05, 0.1) is 13.7 Å². The zero-order valence-electron chi connectivity index (χ0n) is 14.7. The van der Waals surface area contributed by atoms with Gasteiger partial charge in [-0.25, -0.2) is 4.79 Å². The van der Waals surface area contributed by atoms with Crippen LogP contribution in [0.4, 0.5) is 4.79 Å². The van der Waals surface area contributed by atoms with Crippen molar-refractivity contribution in [2.75, 3.05) is 26.8 Å². The van der Waals surface area contributed by atoms with Gasteiger partial charge in [0.1, 0.15) is 5.75 Å². The fraction of sp³-hybridized carbons (Fsp3) is 0.556. The second kappa shape index (κ2) is 9.51. The van der Waals surface area contributed by atoms with Crippen LogP contribution in [0.25, 0.3) is 0 Å². The number of rotatable bonds is 6. The van der Waals surface area contributed by atoms with E-state index in [0.717, 1.165) is 24.2 Å². The van der Waals surface area contributed by atoms with E-state index in [-0.39, 0.29) is 18.0 Å². The molecule has 2 rings (SSSR count). The van der Waals surface area contributed by atoms with E-state index in [2.05, 4.69) is 5.32 Å². The molecule has 1 N–H and O–H groups in total. The standard InChI is InChI=1S/C18H25ClN2O4/c1-13-12-15(5-6-16(13)19)25-11-3-4-17(22)20-14-7-9-21(10-8-14)18(23)24-2/h5-6,12,14H,3-4,7-11H2,1-2H3,(H,20,22). The number of hydrogen-bond donors (Lipinski definition) is 1. The molecule has 1 saturated heterocycles. The lowest BCUT2D eigenvalue weighted by molar-refractivity contribution is -0.122. The maximum Gasteiger partial charge on any atom is 0.409 e. The second-order valence-corrected chi connectivity index (χ2v) is 6.57. The van der Waals surface area contributed by atoms with Gasteiger partial charge < -0.3 is 19.7 Å². The highest BCUT2D eigenvalue weighted by atomic mass is 35.5. The molecule has 1 aliphatic rings. The van der Waals surface area contributed by atoms with Crippen molar-refractivity contribution in [1.29, 1.82) is 0 Å². The molecule has 0 aliphatic carbocycles. The average molecular weight is 369 g/mol. The number of aryl methyl sites for hydroxylation is 1. The molecule has 25 heavy (non-hydrogen) atoms. The van der Waals surface area contributed by atoms with Crippen LogP contribution in [0.5, 0.6) is 5.75 Å². The lowest BCUT2D eigenvalue weighted by atomic mass is 10.1. The van der Waals surface area contributed by atoms with Gasteiger partial charge in [-0.2, -0.15) is 0 Å². The Morgan fingerprint density at radius 1 is 1.32 bits per heavy atom. The van der Waals surface area contributed by atoms with E-state index in [1.807, 2.05) is 19.1 Å². The van der Waals surface area contributed by atoms with Crippen molar-refractivity contribution < 1.29 is 19.1 Å². The van der Waals surface area contributed by atoms with E-state index in [0.29, 0.717) is 37.6 Å². The monoisotopic (exact) mass is 368 g/mol. The molecule has 0 radical (unpaired) electrons. The van der Waals surface area contributed by atoms with Crippen molar-refractivity contribution in [3.05, 3.63) is 28.8 Å². The first-order valence-electron chi connectivity index (χ1n) is 8.51. The summed E-state index contributed by atoms with van der Waals surface area (Å²) in [6, 6.07) is 5.63. The van der Waals surface area contributed by atoms with E-state index in [1.165, 1.54) is 7.11 Å². The Kier molecular flexibility index (Phi) is 7.37. The van der Waals surface area contributed by atoms with Gasteiger partial charge in [0.25, 0.3) is 0 Å². The highest BCUT2D eigenvalue weighted by Gasteiger charge is 2.23. The zero-order valence-corrected chi connectivity index (χ0v) is 15.5. The molecule has 0 spiro atoms. The predicted octanol–water partition coefficient (Wildman–Crippen LogP) is 3.15. The van der Waals surface area contributed by atoms with Crippen LogP contribution in [-0.2, 0) is 9.53 Å². The number of halogens is 1. The number of nitrogens with zero attached hydrogens (tertiary/aromatic N) is 1. The van der Waals surface area contributed by atoms with Crippen LogP contribution in [0.1, 0.15) is 31.2 Å². The van der Waals surface area contributed by atoms with E-state index in [4.69, 9.17) is 21.1 Å². The van der Waals surface area contributed by atoms with Crippen LogP contribution in [0.3, 0.4) is 0 Å². The van der Waals surface area contributed by atoms with Crippen molar-refractivity contribution >= 4 is 23.6 Å². The second-order valence-electron chi connectivity index (χ2n) is 6.16. The van der Waals surface area contributed by atoms with Gasteiger partial charge in [-0.15, -0.1) is 0 Å². The van der Waals surface area contributed by atoms with Crippen LogP contribution in [0, 0.1) is 6.92 Å². The number of carbonyl (C=O) groups is 2. The SMILES string of the molecule is COC(=O)N1CCC(NC(=O)CCCOc2ccc(Cl)c(C)c2)CC1.